The predicted molar refractivity (Wildman–Crippen MR) is 118 cm³/mol. The highest BCUT2D eigenvalue weighted by atomic mass is 32.1. The second kappa shape index (κ2) is 7.53. The molecule has 29 heavy (non-hydrogen) atoms. The summed E-state index contributed by atoms with van der Waals surface area (Å²) in [6, 6.07) is 27.6. The highest BCUT2D eigenvalue weighted by Gasteiger charge is 2.24. The van der Waals surface area contributed by atoms with Crippen LogP contribution in [0, 0.1) is 0 Å². The van der Waals surface area contributed by atoms with Gasteiger partial charge in [0, 0.05) is 11.9 Å². The van der Waals surface area contributed by atoms with Crippen molar-refractivity contribution in [3.05, 3.63) is 96.3 Å². The molecule has 1 amide bonds. The number of aromatic nitrogens is 1. The van der Waals surface area contributed by atoms with Gasteiger partial charge in [-0.2, -0.15) is 0 Å². The molecule has 5 aromatic rings. The fraction of sp³-hybridized carbons (Fsp3) is 0.0833. The molecular weight excluding hydrogens is 380 g/mol. The van der Waals surface area contributed by atoms with Crippen LogP contribution in [0.15, 0.2) is 89.3 Å². The van der Waals surface area contributed by atoms with Crippen LogP contribution in [0.4, 0.5) is 5.13 Å². The number of amides is 1. The van der Waals surface area contributed by atoms with Gasteiger partial charge in [-0.1, -0.05) is 72.0 Å². The third-order valence-corrected chi connectivity index (χ3v) is 5.92. The van der Waals surface area contributed by atoms with Crippen LogP contribution in [0.25, 0.3) is 21.2 Å². The van der Waals surface area contributed by atoms with Gasteiger partial charge in [-0.3, -0.25) is 9.69 Å². The molecule has 0 atom stereocenters. The van der Waals surface area contributed by atoms with E-state index in [0.717, 1.165) is 22.0 Å². The summed E-state index contributed by atoms with van der Waals surface area (Å²) in [7, 11) is 0. The highest BCUT2D eigenvalue weighted by Crippen LogP contribution is 2.30. The van der Waals surface area contributed by atoms with Crippen molar-refractivity contribution in [1.82, 2.24) is 4.98 Å². The molecule has 5 heteroatoms. The van der Waals surface area contributed by atoms with Crippen LogP contribution in [-0.2, 0) is 6.42 Å². The number of carbonyl (C=O) groups is 1. The Morgan fingerprint density at radius 1 is 0.931 bits per heavy atom. The first-order valence-corrected chi connectivity index (χ1v) is 10.3. The lowest BCUT2D eigenvalue weighted by atomic mass is 10.1. The number of nitrogens with zero attached hydrogens (tertiary/aromatic N) is 2. The number of rotatable bonds is 5. The monoisotopic (exact) mass is 398 g/mol. The molecule has 4 nitrogen and oxygen atoms in total. The van der Waals surface area contributed by atoms with Gasteiger partial charge in [-0.15, -0.1) is 0 Å². The number of furan rings is 1. The highest BCUT2D eigenvalue weighted by molar-refractivity contribution is 7.22. The zero-order valence-electron chi connectivity index (χ0n) is 15.6. The quantitative estimate of drug-likeness (QED) is 0.368. The van der Waals surface area contributed by atoms with Crippen molar-refractivity contribution in [2.45, 2.75) is 6.42 Å². The molecule has 0 aliphatic carbocycles. The number of hydrogen-bond acceptors (Lipinski definition) is 4. The number of thiazole rings is 1. The van der Waals surface area contributed by atoms with Gasteiger partial charge >= 0.3 is 0 Å². The number of carbonyl (C=O) groups excluding carboxylic acids is 1. The zero-order valence-corrected chi connectivity index (χ0v) is 16.4. The summed E-state index contributed by atoms with van der Waals surface area (Å²) in [4.78, 5) is 19.9. The molecule has 2 heterocycles. The van der Waals surface area contributed by atoms with E-state index in [9.17, 15) is 4.79 Å². The van der Waals surface area contributed by atoms with Gasteiger partial charge in [0.05, 0.1) is 10.2 Å². The molecule has 0 saturated carbocycles. The molecule has 3 aromatic carbocycles. The number of anilines is 1. The van der Waals surface area contributed by atoms with Gasteiger partial charge < -0.3 is 4.42 Å². The Hall–Kier alpha value is -3.44. The van der Waals surface area contributed by atoms with E-state index in [1.54, 1.807) is 11.0 Å². The first-order valence-electron chi connectivity index (χ1n) is 9.48. The van der Waals surface area contributed by atoms with Crippen LogP contribution in [0.2, 0.25) is 0 Å². The van der Waals surface area contributed by atoms with Gasteiger partial charge in [0.25, 0.3) is 5.91 Å². The maximum atomic E-state index is 13.4. The van der Waals surface area contributed by atoms with Crippen molar-refractivity contribution in [3.63, 3.8) is 0 Å². The van der Waals surface area contributed by atoms with Crippen LogP contribution in [0.5, 0.6) is 0 Å². The molecule has 0 spiro atoms. The largest absolute Gasteiger partial charge is 0.451 e. The van der Waals surface area contributed by atoms with E-state index in [-0.39, 0.29) is 5.91 Å². The van der Waals surface area contributed by atoms with Crippen LogP contribution < -0.4 is 4.90 Å². The molecule has 0 fully saturated rings. The molecule has 0 unspecified atom stereocenters. The molecule has 2 aromatic heterocycles. The maximum Gasteiger partial charge on any atom is 0.295 e. The average Bonchev–Trinajstić information content (AvgIpc) is 3.38. The second-order valence-electron chi connectivity index (χ2n) is 6.81. The number of hydrogen-bond donors (Lipinski definition) is 0. The summed E-state index contributed by atoms with van der Waals surface area (Å²) in [5.41, 5.74) is 2.79. The fourth-order valence-electron chi connectivity index (χ4n) is 3.37. The Labute approximate surface area is 172 Å². The molecule has 0 radical (unpaired) electrons. The van der Waals surface area contributed by atoms with E-state index in [2.05, 4.69) is 12.1 Å². The minimum absolute atomic E-state index is 0.170. The minimum Gasteiger partial charge on any atom is -0.451 e. The summed E-state index contributed by atoms with van der Waals surface area (Å²) >= 11 is 1.52. The third-order valence-electron chi connectivity index (χ3n) is 4.86. The Bertz CT molecular complexity index is 1220. The number of benzene rings is 3. The fourth-order valence-corrected chi connectivity index (χ4v) is 4.36. The average molecular weight is 398 g/mol. The summed E-state index contributed by atoms with van der Waals surface area (Å²) in [6.45, 7) is 0.527. The maximum absolute atomic E-state index is 13.4. The van der Waals surface area contributed by atoms with Crippen molar-refractivity contribution in [1.29, 1.82) is 0 Å². The molecule has 0 N–H and O–H groups in total. The van der Waals surface area contributed by atoms with Crippen molar-refractivity contribution < 1.29 is 9.21 Å². The lowest BCUT2D eigenvalue weighted by Crippen LogP contribution is -2.32. The molecule has 5 rings (SSSR count). The Morgan fingerprint density at radius 3 is 2.52 bits per heavy atom. The molecule has 0 aliphatic heterocycles. The van der Waals surface area contributed by atoms with Gasteiger partial charge in [0.2, 0.25) is 0 Å². The SMILES string of the molecule is O=C(c1cc2ccccc2o1)N(CCc1ccccc1)c1nc2ccccc2s1. The number of para-hydroxylation sites is 2. The van der Waals surface area contributed by atoms with Crippen LogP contribution >= 0.6 is 11.3 Å². The Kier molecular flexibility index (Phi) is 4.58. The van der Waals surface area contributed by atoms with E-state index < -0.39 is 0 Å². The standard InChI is InChI=1S/C24H18N2O2S/c27-23(21-16-18-10-4-6-12-20(18)28-21)26(15-14-17-8-2-1-3-9-17)24-25-19-11-5-7-13-22(19)29-24/h1-13,16H,14-15H2. The van der Waals surface area contributed by atoms with Crippen LogP contribution in [0.1, 0.15) is 16.1 Å². The summed E-state index contributed by atoms with van der Waals surface area (Å²) < 4.78 is 6.90. The van der Waals surface area contributed by atoms with Crippen LogP contribution in [0.3, 0.4) is 0 Å². The van der Waals surface area contributed by atoms with Crippen molar-refractivity contribution in [2.24, 2.45) is 0 Å². The lowest BCUT2D eigenvalue weighted by molar-refractivity contribution is 0.0962. The summed E-state index contributed by atoms with van der Waals surface area (Å²) in [5.74, 6) is 0.162. The normalized spacial score (nSPS) is 11.2. The second-order valence-corrected chi connectivity index (χ2v) is 7.81. The molecule has 142 valence electrons. The van der Waals surface area contributed by atoms with Gasteiger partial charge in [0.1, 0.15) is 5.58 Å². The van der Waals surface area contributed by atoms with Crippen molar-refractivity contribution in [2.75, 3.05) is 11.4 Å². The van der Waals surface area contributed by atoms with E-state index in [1.165, 1.54) is 16.9 Å². The summed E-state index contributed by atoms with van der Waals surface area (Å²) in [5, 5.41) is 1.61. The van der Waals surface area contributed by atoms with E-state index in [1.807, 2.05) is 66.7 Å². The van der Waals surface area contributed by atoms with Crippen LogP contribution in [-0.4, -0.2) is 17.4 Å². The first-order chi connectivity index (χ1) is 14.3. The smallest absolute Gasteiger partial charge is 0.295 e. The first kappa shape index (κ1) is 17.6. The predicted octanol–water partition coefficient (Wildman–Crippen LogP) is 5.93. The molecule has 0 bridgehead atoms. The Balaban J connectivity index is 1.52. The van der Waals surface area contributed by atoms with Gasteiger partial charge in [-0.25, -0.2) is 4.98 Å². The molecule has 0 saturated heterocycles. The lowest BCUT2D eigenvalue weighted by Gasteiger charge is -2.18. The van der Waals surface area contributed by atoms with E-state index in [0.29, 0.717) is 23.0 Å². The molecular formula is C24H18N2O2S. The Morgan fingerprint density at radius 2 is 1.69 bits per heavy atom. The van der Waals surface area contributed by atoms with Gasteiger partial charge in [-0.05, 0) is 36.2 Å². The van der Waals surface area contributed by atoms with Crippen molar-refractivity contribution >= 4 is 43.6 Å². The van der Waals surface area contributed by atoms with Gasteiger partial charge in [0.15, 0.2) is 10.9 Å². The minimum atomic E-state index is -0.170. The number of fused-ring (bicyclic) bond motifs is 2. The third kappa shape index (κ3) is 3.52. The molecule has 0 aliphatic rings. The summed E-state index contributed by atoms with van der Waals surface area (Å²) in [6.07, 6.45) is 0.739. The van der Waals surface area contributed by atoms with Crippen molar-refractivity contribution in [3.8, 4) is 0 Å². The zero-order chi connectivity index (χ0) is 19.6. The van der Waals surface area contributed by atoms with E-state index >= 15 is 0 Å². The topological polar surface area (TPSA) is 46.3 Å². The van der Waals surface area contributed by atoms with E-state index in [4.69, 9.17) is 9.40 Å².